The van der Waals surface area contributed by atoms with E-state index in [2.05, 4.69) is 9.71 Å². The number of aryl methyl sites for hydroxylation is 1. The van der Waals surface area contributed by atoms with Crippen LogP contribution < -0.4 is 5.32 Å². The first kappa shape index (κ1) is 29.9. The number of nitrogens with zero attached hydrogens (tertiary/aromatic N) is 2. The van der Waals surface area contributed by atoms with Crippen molar-refractivity contribution in [1.29, 1.82) is 0 Å². The standard InChI is InChI=1S/C37H30ClN3O4S/c1-25-16-22-30(23-17-25)46(43,44)40-36-37(31-14-8-9-15-32(31)39-36)33(27-12-6-3-7-13-27)35(42)41(45-24-26-10-4-2-5-11-26)34(37)28-18-20-29(38)21-19-28/h2-23,33-34H,24H2,1H3,(H,39,40). The van der Waals surface area contributed by atoms with Gasteiger partial charge in [-0.3, -0.25) is 9.63 Å². The molecule has 1 fully saturated rings. The number of hydroxylamine groups is 2. The maximum atomic E-state index is 14.9. The first-order valence-electron chi connectivity index (χ1n) is 14.9. The van der Waals surface area contributed by atoms with Crippen LogP contribution in [0, 0.1) is 6.92 Å². The number of halogens is 1. The predicted molar refractivity (Wildman–Crippen MR) is 179 cm³/mol. The Labute approximate surface area is 273 Å². The van der Waals surface area contributed by atoms with Crippen LogP contribution in [0.2, 0.25) is 5.02 Å². The lowest BCUT2D eigenvalue weighted by Crippen LogP contribution is -2.44. The van der Waals surface area contributed by atoms with Crippen LogP contribution in [0.1, 0.15) is 39.8 Å². The molecule has 2 aliphatic rings. The lowest BCUT2D eigenvalue weighted by molar-refractivity contribution is -0.198. The summed E-state index contributed by atoms with van der Waals surface area (Å²) in [5.41, 5.74) is 3.28. The molecule has 3 atom stereocenters. The van der Waals surface area contributed by atoms with Crippen molar-refractivity contribution in [3.8, 4) is 0 Å². The van der Waals surface area contributed by atoms with E-state index in [1.165, 1.54) is 5.06 Å². The van der Waals surface area contributed by atoms with Gasteiger partial charge in [-0.15, -0.1) is 4.40 Å². The maximum absolute atomic E-state index is 14.9. The second kappa shape index (κ2) is 11.9. The number of fused-ring (bicyclic) bond motifs is 2. The minimum atomic E-state index is -4.22. The van der Waals surface area contributed by atoms with Gasteiger partial charge in [-0.2, -0.15) is 8.42 Å². The zero-order chi connectivity index (χ0) is 31.9. The number of amides is 1. The van der Waals surface area contributed by atoms with Crippen LogP contribution in [0.15, 0.2) is 143 Å². The van der Waals surface area contributed by atoms with E-state index in [0.717, 1.165) is 16.7 Å². The zero-order valence-corrected chi connectivity index (χ0v) is 26.4. The number of carbonyl (C=O) groups is 1. The van der Waals surface area contributed by atoms with E-state index >= 15 is 0 Å². The van der Waals surface area contributed by atoms with Crippen LogP contribution >= 0.6 is 11.6 Å². The smallest absolute Gasteiger partial charge is 0.283 e. The van der Waals surface area contributed by atoms with Crippen LogP contribution in [0.25, 0.3) is 0 Å². The normalized spacial score (nSPS) is 21.5. The van der Waals surface area contributed by atoms with E-state index in [0.29, 0.717) is 21.8 Å². The van der Waals surface area contributed by atoms with Crippen LogP contribution in [0.3, 0.4) is 0 Å². The number of carbonyl (C=O) groups excluding carboxylic acids is 1. The fraction of sp³-hybridized carbons (Fsp3) is 0.135. The molecule has 230 valence electrons. The molecule has 2 aliphatic heterocycles. The zero-order valence-electron chi connectivity index (χ0n) is 24.9. The number of sulfonamides is 1. The molecule has 46 heavy (non-hydrogen) atoms. The van der Waals surface area contributed by atoms with Gasteiger partial charge < -0.3 is 5.32 Å². The SMILES string of the molecule is Cc1ccc(S(=O)(=O)/N=C2\Nc3ccccc3C23C(c2ccccc2)C(=O)N(OCc2ccccc2)C3c2ccc(Cl)cc2)cc1. The van der Waals surface area contributed by atoms with Crippen LogP contribution in [0.5, 0.6) is 0 Å². The molecular weight excluding hydrogens is 618 g/mol. The molecule has 0 saturated carbocycles. The number of para-hydroxylation sites is 1. The average molecular weight is 648 g/mol. The van der Waals surface area contributed by atoms with Gasteiger partial charge in [-0.05, 0) is 59.5 Å². The van der Waals surface area contributed by atoms with Gasteiger partial charge in [0.25, 0.3) is 15.9 Å². The van der Waals surface area contributed by atoms with E-state index in [4.69, 9.17) is 16.4 Å². The molecule has 1 saturated heterocycles. The lowest BCUT2D eigenvalue weighted by Gasteiger charge is -2.37. The van der Waals surface area contributed by atoms with E-state index in [1.54, 1.807) is 36.4 Å². The molecule has 9 heteroatoms. The Morgan fingerprint density at radius 3 is 2.13 bits per heavy atom. The summed E-state index contributed by atoms with van der Waals surface area (Å²) in [4.78, 5) is 21.4. The van der Waals surface area contributed by atoms with Crippen molar-refractivity contribution < 1.29 is 18.0 Å². The van der Waals surface area contributed by atoms with Gasteiger partial charge in [0.1, 0.15) is 18.5 Å². The van der Waals surface area contributed by atoms with Crippen LogP contribution in [-0.2, 0) is 31.7 Å². The Balaban J connectivity index is 1.51. The van der Waals surface area contributed by atoms with Crippen molar-refractivity contribution in [3.05, 3.63) is 166 Å². The molecule has 1 spiro atoms. The second-order valence-electron chi connectivity index (χ2n) is 11.5. The average Bonchev–Trinajstić information content (AvgIpc) is 3.51. The molecule has 0 radical (unpaired) electrons. The molecule has 0 aromatic heterocycles. The highest BCUT2D eigenvalue weighted by Crippen LogP contribution is 2.61. The monoisotopic (exact) mass is 647 g/mol. The van der Waals surface area contributed by atoms with Gasteiger partial charge in [0.2, 0.25) is 0 Å². The van der Waals surface area contributed by atoms with Gasteiger partial charge in [0.05, 0.1) is 16.2 Å². The first-order chi connectivity index (χ1) is 22.3. The van der Waals surface area contributed by atoms with Crippen molar-refractivity contribution in [2.24, 2.45) is 4.40 Å². The topological polar surface area (TPSA) is 88.1 Å². The molecular formula is C37H30ClN3O4S. The molecule has 1 amide bonds. The highest BCUT2D eigenvalue weighted by atomic mass is 35.5. The summed E-state index contributed by atoms with van der Waals surface area (Å²) in [7, 11) is -4.22. The first-order valence-corrected chi connectivity index (χ1v) is 16.7. The minimum absolute atomic E-state index is 0.0549. The van der Waals surface area contributed by atoms with Gasteiger partial charge in [0, 0.05) is 10.7 Å². The van der Waals surface area contributed by atoms with Crippen molar-refractivity contribution in [1.82, 2.24) is 5.06 Å². The number of hydrogen-bond acceptors (Lipinski definition) is 4. The molecule has 7 rings (SSSR count). The Morgan fingerprint density at radius 2 is 1.43 bits per heavy atom. The van der Waals surface area contributed by atoms with Gasteiger partial charge >= 0.3 is 0 Å². The summed E-state index contributed by atoms with van der Waals surface area (Å²) < 4.78 is 32.6. The highest BCUT2D eigenvalue weighted by Gasteiger charge is 2.67. The van der Waals surface area contributed by atoms with E-state index < -0.39 is 27.4 Å². The fourth-order valence-electron chi connectivity index (χ4n) is 6.60. The van der Waals surface area contributed by atoms with E-state index in [-0.39, 0.29) is 23.2 Å². The summed E-state index contributed by atoms with van der Waals surface area (Å²) in [6, 6.07) is 39.5. The Kier molecular flexibility index (Phi) is 7.72. The third-order valence-corrected chi connectivity index (χ3v) is 10.2. The van der Waals surface area contributed by atoms with Crippen LogP contribution in [0.4, 0.5) is 5.69 Å². The summed E-state index contributed by atoms with van der Waals surface area (Å²) in [5.74, 6) is -1.07. The lowest BCUT2D eigenvalue weighted by atomic mass is 9.64. The summed E-state index contributed by atoms with van der Waals surface area (Å²) >= 11 is 6.35. The van der Waals surface area contributed by atoms with Crippen LogP contribution in [-0.4, -0.2) is 25.2 Å². The Bertz CT molecular complexity index is 2040. The van der Waals surface area contributed by atoms with E-state index in [1.807, 2.05) is 104 Å². The number of amidine groups is 1. The maximum Gasteiger partial charge on any atom is 0.283 e. The third kappa shape index (κ3) is 5.08. The van der Waals surface area contributed by atoms with Gasteiger partial charge in [-0.1, -0.05) is 120 Å². The van der Waals surface area contributed by atoms with Crippen molar-refractivity contribution >= 4 is 39.1 Å². The van der Waals surface area contributed by atoms with Crippen molar-refractivity contribution in [2.75, 3.05) is 5.32 Å². The Morgan fingerprint density at radius 1 is 0.804 bits per heavy atom. The molecule has 1 N–H and O–H groups in total. The molecule has 7 nitrogen and oxygen atoms in total. The minimum Gasteiger partial charge on any atom is -0.342 e. The number of rotatable bonds is 7. The van der Waals surface area contributed by atoms with Crippen molar-refractivity contribution in [2.45, 2.75) is 35.8 Å². The number of hydrogen-bond donors (Lipinski definition) is 1. The predicted octanol–water partition coefficient (Wildman–Crippen LogP) is 7.60. The largest absolute Gasteiger partial charge is 0.342 e. The Hall–Kier alpha value is -4.76. The fourth-order valence-corrected chi connectivity index (χ4v) is 7.75. The summed E-state index contributed by atoms with van der Waals surface area (Å²) in [6.07, 6.45) is 0. The molecule has 0 bridgehead atoms. The third-order valence-electron chi connectivity index (χ3n) is 8.67. The summed E-state index contributed by atoms with van der Waals surface area (Å²) in [5, 5.41) is 5.28. The highest BCUT2D eigenvalue weighted by molar-refractivity contribution is 7.90. The number of benzene rings is 5. The number of nitrogens with one attached hydrogen (secondary N) is 1. The molecule has 5 aromatic carbocycles. The molecule has 5 aromatic rings. The number of anilines is 1. The summed E-state index contributed by atoms with van der Waals surface area (Å²) in [6.45, 7) is 2.01. The van der Waals surface area contributed by atoms with Crippen molar-refractivity contribution in [3.63, 3.8) is 0 Å². The molecule has 2 heterocycles. The molecule has 0 aliphatic carbocycles. The van der Waals surface area contributed by atoms with Gasteiger partial charge in [-0.25, -0.2) is 5.06 Å². The molecule has 3 unspecified atom stereocenters. The quantitative estimate of drug-likeness (QED) is 0.197. The van der Waals surface area contributed by atoms with E-state index in [9.17, 15) is 13.2 Å². The van der Waals surface area contributed by atoms with Gasteiger partial charge in [0.15, 0.2) is 0 Å². The second-order valence-corrected chi connectivity index (χ2v) is 13.5.